The fourth-order valence-corrected chi connectivity index (χ4v) is 3.27. The van der Waals surface area contributed by atoms with Gasteiger partial charge >= 0.3 is 12.1 Å². The first-order chi connectivity index (χ1) is 13.7. The summed E-state index contributed by atoms with van der Waals surface area (Å²) >= 11 is 0. The molecule has 7 nitrogen and oxygen atoms in total. The van der Waals surface area contributed by atoms with Crippen molar-refractivity contribution in [2.24, 2.45) is 5.92 Å². The van der Waals surface area contributed by atoms with Crippen LogP contribution < -0.4 is 4.74 Å². The lowest BCUT2D eigenvalue weighted by atomic mass is 10.1. The van der Waals surface area contributed by atoms with E-state index in [9.17, 15) is 14.7 Å². The summed E-state index contributed by atoms with van der Waals surface area (Å²) in [6.07, 6.45) is -0.302. The van der Waals surface area contributed by atoms with Crippen LogP contribution in [0, 0.1) is 5.92 Å². The molecule has 0 aliphatic carbocycles. The average Bonchev–Trinajstić information content (AvgIpc) is 3.11. The Morgan fingerprint density at radius 2 is 1.86 bits per heavy atom. The molecule has 3 rings (SSSR count). The quantitative estimate of drug-likeness (QED) is 0.823. The maximum atomic E-state index is 12.4. The molecular weight excluding hydrogens is 372 g/mol. The van der Waals surface area contributed by atoms with Gasteiger partial charge in [-0.2, -0.15) is 0 Å². The number of nitrogens with zero attached hydrogens (tertiary/aromatic N) is 2. The van der Waals surface area contributed by atoms with Crippen LogP contribution in [-0.2, 0) is 9.53 Å². The Balaban J connectivity index is 1.64. The highest BCUT2D eigenvalue weighted by Gasteiger charge is 2.41. The van der Waals surface area contributed by atoms with E-state index in [-0.39, 0.29) is 19.1 Å². The number of benzene rings is 1. The van der Waals surface area contributed by atoms with Gasteiger partial charge in [0.25, 0.3) is 0 Å². The van der Waals surface area contributed by atoms with Crippen LogP contribution in [-0.4, -0.2) is 51.8 Å². The van der Waals surface area contributed by atoms with Gasteiger partial charge in [-0.15, -0.1) is 0 Å². The van der Waals surface area contributed by atoms with Crippen molar-refractivity contribution in [1.82, 2.24) is 9.88 Å². The van der Waals surface area contributed by atoms with Crippen molar-refractivity contribution < 1.29 is 24.2 Å². The molecule has 1 aromatic heterocycles. The van der Waals surface area contributed by atoms with E-state index in [2.05, 4.69) is 4.98 Å². The fraction of sp³-hybridized carbons (Fsp3) is 0.409. The minimum absolute atomic E-state index is 0.120. The van der Waals surface area contributed by atoms with Crippen LogP contribution in [0.5, 0.6) is 5.88 Å². The van der Waals surface area contributed by atoms with Crippen molar-refractivity contribution >= 4 is 12.1 Å². The molecule has 1 aliphatic heterocycles. The number of amides is 1. The maximum absolute atomic E-state index is 12.4. The van der Waals surface area contributed by atoms with Crippen LogP contribution in [0.3, 0.4) is 0 Å². The molecule has 0 saturated carbocycles. The van der Waals surface area contributed by atoms with Gasteiger partial charge in [0.05, 0.1) is 12.3 Å². The molecule has 2 aromatic rings. The van der Waals surface area contributed by atoms with Crippen LogP contribution in [0.2, 0.25) is 0 Å². The number of rotatable bonds is 5. The minimum Gasteiger partial charge on any atom is -0.480 e. The van der Waals surface area contributed by atoms with E-state index < -0.39 is 23.7 Å². The molecule has 0 spiro atoms. The van der Waals surface area contributed by atoms with Gasteiger partial charge in [0.15, 0.2) is 0 Å². The lowest BCUT2D eigenvalue weighted by molar-refractivity contribution is -0.142. The van der Waals surface area contributed by atoms with Crippen molar-refractivity contribution in [1.29, 1.82) is 0 Å². The molecule has 7 heteroatoms. The molecular formula is C22H26N2O5. The summed E-state index contributed by atoms with van der Waals surface area (Å²) in [5, 5.41) is 9.49. The fourth-order valence-electron chi connectivity index (χ4n) is 3.27. The SMILES string of the molecule is CC(C)(C)OC(=O)N1CC(COc2cccc(-c3ccccc3)n2)C[C@H]1C(=O)O. The minimum atomic E-state index is -1.04. The van der Waals surface area contributed by atoms with Crippen molar-refractivity contribution in [2.75, 3.05) is 13.2 Å². The van der Waals surface area contributed by atoms with Crippen molar-refractivity contribution in [3.8, 4) is 17.1 Å². The number of pyridine rings is 1. The zero-order chi connectivity index (χ0) is 21.0. The van der Waals surface area contributed by atoms with Crippen LogP contribution in [0.25, 0.3) is 11.3 Å². The monoisotopic (exact) mass is 398 g/mol. The third kappa shape index (κ3) is 5.47. The van der Waals surface area contributed by atoms with Crippen molar-refractivity contribution in [3.63, 3.8) is 0 Å². The Morgan fingerprint density at radius 1 is 1.14 bits per heavy atom. The first kappa shape index (κ1) is 20.6. The van der Waals surface area contributed by atoms with Crippen LogP contribution >= 0.6 is 0 Å². The molecule has 0 radical (unpaired) electrons. The number of aliphatic carboxylic acids is 1. The van der Waals surface area contributed by atoms with E-state index in [0.717, 1.165) is 11.3 Å². The molecule has 1 fully saturated rings. The van der Waals surface area contributed by atoms with Gasteiger partial charge in [-0.1, -0.05) is 36.4 Å². The largest absolute Gasteiger partial charge is 0.480 e. The lowest BCUT2D eigenvalue weighted by Crippen LogP contribution is -2.43. The number of carboxylic acids is 1. The van der Waals surface area contributed by atoms with Gasteiger partial charge in [0, 0.05) is 24.1 Å². The van der Waals surface area contributed by atoms with E-state index in [4.69, 9.17) is 9.47 Å². The van der Waals surface area contributed by atoms with Gasteiger partial charge in [-0.25, -0.2) is 14.6 Å². The predicted molar refractivity (Wildman–Crippen MR) is 108 cm³/mol. The van der Waals surface area contributed by atoms with Gasteiger partial charge in [-0.3, -0.25) is 4.90 Å². The maximum Gasteiger partial charge on any atom is 0.411 e. The topological polar surface area (TPSA) is 89.0 Å². The molecule has 2 heterocycles. The molecule has 0 bridgehead atoms. The summed E-state index contributed by atoms with van der Waals surface area (Å²) in [6, 6.07) is 14.4. The van der Waals surface area contributed by atoms with Crippen molar-refractivity contribution in [2.45, 2.75) is 38.8 Å². The zero-order valence-corrected chi connectivity index (χ0v) is 16.9. The predicted octanol–water partition coefficient (Wildman–Crippen LogP) is 3.84. The number of hydrogen-bond acceptors (Lipinski definition) is 5. The molecule has 29 heavy (non-hydrogen) atoms. The Morgan fingerprint density at radius 3 is 2.52 bits per heavy atom. The number of likely N-dealkylation sites (tertiary alicyclic amines) is 1. The second-order valence-corrected chi connectivity index (χ2v) is 8.13. The first-order valence-corrected chi connectivity index (χ1v) is 9.60. The highest BCUT2D eigenvalue weighted by Crippen LogP contribution is 2.27. The van der Waals surface area contributed by atoms with Crippen molar-refractivity contribution in [3.05, 3.63) is 48.5 Å². The molecule has 1 amide bonds. The normalized spacial score (nSPS) is 19.1. The highest BCUT2D eigenvalue weighted by atomic mass is 16.6. The Labute approximate surface area is 170 Å². The smallest absolute Gasteiger partial charge is 0.411 e. The molecule has 1 aromatic carbocycles. The summed E-state index contributed by atoms with van der Waals surface area (Å²) in [6.45, 7) is 5.80. The Hall–Kier alpha value is -3.09. The zero-order valence-electron chi connectivity index (χ0n) is 16.9. The summed E-state index contributed by atoms with van der Waals surface area (Å²) in [5.41, 5.74) is 1.10. The second-order valence-electron chi connectivity index (χ2n) is 8.13. The van der Waals surface area contributed by atoms with Gasteiger partial charge in [-0.05, 0) is 33.3 Å². The summed E-state index contributed by atoms with van der Waals surface area (Å²) < 4.78 is 11.2. The number of ether oxygens (including phenoxy) is 2. The number of aromatic nitrogens is 1. The second kappa shape index (κ2) is 8.51. The van der Waals surface area contributed by atoms with Crippen LogP contribution in [0.15, 0.2) is 48.5 Å². The summed E-state index contributed by atoms with van der Waals surface area (Å²) in [7, 11) is 0. The number of carboxylic acid groups (broad SMARTS) is 1. The average molecular weight is 398 g/mol. The van der Waals surface area contributed by atoms with Gasteiger partial charge < -0.3 is 14.6 Å². The van der Waals surface area contributed by atoms with Gasteiger partial charge in [0.1, 0.15) is 11.6 Å². The third-order valence-electron chi connectivity index (χ3n) is 4.56. The number of carbonyl (C=O) groups is 2. The van der Waals surface area contributed by atoms with E-state index in [1.165, 1.54) is 4.90 Å². The van der Waals surface area contributed by atoms with E-state index in [1.807, 2.05) is 42.5 Å². The Bertz CT molecular complexity index is 863. The number of hydrogen-bond donors (Lipinski definition) is 1. The van der Waals surface area contributed by atoms with E-state index in [1.54, 1.807) is 26.8 Å². The van der Waals surface area contributed by atoms with E-state index >= 15 is 0 Å². The Kier molecular flexibility index (Phi) is 6.06. The van der Waals surface area contributed by atoms with Crippen LogP contribution in [0.4, 0.5) is 4.79 Å². The number of carbonyl (C=O) groups excluding carboxylic acids is 1. The summed E-state index contributed by atoms with van der Waals surface area (Å²) in [4.78, 5) is 29.8. The standard InChI is InChI=1S/C22H26N2O5/c1-22(2,3)29-21(27)24-13-15(12-18(24)20(25)26)14-28-19-11-7-10-17(23-19)16-8-5-4-6-9-16/h4-11,15,18H,12-14H2,1-3H3,(H,25,26)/t15?,18-/m0/s1. The third-order valence-corrected chi connectivity index (χ3v) is 4.56. The molecule has 1 unspecified atom stereocenters. The molecule has 154 valence electrons. The molecule has 2 atom stereocenters. The van der Waals surface area contributed by atoms with Crippen LogP contribution in [0.1, 0.15) is 27.2 Å². The summed E-state index contributed by atoms with van der Waals surface area (Å²) in [5.74, 6) is -0.692. The lowest BCUT2D eigenvalue weighted by Gasteiger charge is -2.26. The molecule has 1 aliphatic rings. The van der Waals surface area contributed by atoms with E-state index in [0.29, 0.717) is 12.3 Å². The first-order valence-electron chi connectivity index (χ1n) is 9.60. The highest BCUT2D eigenvalue weighted by molar-refractivity contribution is 5.81. The molecule has 1 N–H and O–H groups in total. The van der Waals surface area contributed by atoms with Gasteiger partial charge in [0.2, 0.25) is 5.88 Å². The molecule has 1 saturated heterocycles.